The van der Waals surface area contributed by atoms with Crippen molar-refractivity contribution in [3.63, 3.8) is 0 Å². The zero-order valence-corrected chi connectivity index (χ0v) is 12.5. The molecule has 0 aliphatic carbocycles. The second kappa shape index (κ2) is 6.37. The second-order valence-electron chi connectivity index (χ2n) is 5.25. The SMILES string of the molecule is Cc1cc(NN)c(C(=O)Nc2cccc(C(C)C)c2)cn1. The molecule has 110 valence electrons. The number of nitrogens with one attached hydrogen (secondary N) is 2. The molecule has 1 aromatic heterocycles. The first kappa shape index (κ1) is 15.0. The molecule has 0 atom stereocenters. The minimum atomic E-state index is -0.239. The predicted octanol–water partition coefficient (Wildman–Crippen LogP) is 3.05. The maximum absolute atomic E-state index is 12.3. The van der Waals surface area contributed by atoms with Crippen LogP contribution in [-0.2, 0) is 0 Å². The van der Waals surface area contributed by atoms with Crippen LogP contribution in [0.2, 0.25) is 0 Å². The van der Waals surface area contributed by atoms with Crippen molar-refractivity contribution < 1.29 is 4.79 Å². The summed E-state index contributed by atoms with van der Waals surface area (Å²) >= 11 is 0. The molecule has 0 fully saturated rings. The van der Waals surface area contributed by atoms with Crippen molar-refractivity contribution in [2.75, 3.05) is 10.7 Å². The lowest BCUT2D eigenvalue weighted by Gasteiger charge is -2.12. The highest BCUT2D eigenvalue weighted by molar-refractivity contribution is 6.07. The van der Waals surface area contributed by atoms with Crippen LogP contribution in [0.25, 0.3) is 0 Å². The van der Waals surface area contributed by atoms with Crippen molar-refractivity contribution in [3.8, 4) is 0 Å². The number of rotatable bonds is 4. The van der Waals surface area contributed by atoms with Crippen molar-refractivity contribution in [3.05, 3.63) is 53.3 Å². The molecule has 0 unspecified atom stereocenters. The fraction of sp³-hybridized carbons (Fsp3) is 0.250. The van der Waals surface area contributed by atoms with Gasteiger partial charge in [-0.05, 0) is 36.6 Å². The maximum atomic E-state index is 12.3. The van der Waals surface area contributed by atoms with Gasteiger partial charge in [0.2, 0.25) is 0 Å². The number of carbonyl (C=O) groups excluding carboxylic acids is 1. The molecule has 2 aromatic rings. The van der Waals surface area contributed by atoms with Crippen molar-refractivity contribution in [2.45, 2.75) is 26.7 Å². The van der Waals surface area contributed by atoms with E-state index in [1.165, 1.54) is 11.8 Å². The average Bonchev–Trinajstić information content (AvgIpc) is 2.47. The number of nitrogens with zero attached hydrogens (tertiary/aromatic N) is 1. The van der Waals surface area contributed by atoms with Gasteiger partial charge in [-0.25, -0.2) is 0 Å². The maximum Gasteiger partial charge on any atom is 0.259 e. The van der Waals surface area contributed by atoms with Gasteiger partial charge in [0.25, 0.3) is 5.91 Å². The zero-order valence-electron chi connectivity index (χ0n) is 12.5. The highest BCUT2D eigenvalue weighted by atomic mass is 16.1. The Balaban J connectivity index is 2.24. The van der Waals surface area contributed by atoms with Gasteiger partial charge < -0.3 is 10.7 Å². The first-order chi connectivity index (χ1) is 10.0. The van der Waals surface area contributed by atoms with Crippen LogP contribution in [0.4, 0.5) is 11.4 Å². The Morgan fingerprint density at radius 2 is 2.05 bits per heavy atom. The van der Waals surface area contributed by atoms with Gasteiger partial charge in [0, 0.05) is 17.6 Å². The van der Waals surface area contributed by atoms with Crippen LogP contribution in [0, 0.1) is 6.92 Å². The van der Waals surface area contributed by atoms with Crippen LogP contribution in [0.1, 0.15) is 41.4 Å². The number of anilines is 2. The minimum absolute atomic E-state index is 0.239. The number of aromatic nitrogens is 1. The number of hydrazine groups is 1. The van der Waals surface area contributed by atoms with Gasteiger partial charge in [-0.3, -0.25) is 15.6 Å². The first-order valence-corrected chi connectivity index (χ1v) is 6.86. The van der Waals surface area contributed by atoms with Crippen LogP contribution in [0.15, 0.2) is 36.5 Å². The molecule has 4 N–H and O–H groups in total. The smallest absolute Gasteiger partial charge is 0.259 e. The minimum Gasteiger partial charge on any atom is -0.323 e. The van der Waals surface area contributed by atoms with E-state index in [0.29, 0.717) is 17.2 Å². The van der Waals surface area contributed by atoms with Gasteiger partial charge >= 0.3 is 0 Å². The molecule has 0 radical (unpaired) electrons. The van der Waals surface area contributed by atoms with Crippen molar-refractivity contribution in [2.24, 2.45) is 5.84 Å². The molecule has 5 nitrogen and oxygen atoms in total. The summed E-state index contributed by atoms with van der Waals surface area (Å²) in [5, 5.41) is 2.87. The highest BCUT2D eigenvalue weighted by Gasteiger charge is 2.12. The van der Waals surface area contributed by atoms with Crippen LogP contribution >= 0.6 is 0 Å². The molecule has 1 heterocycles. The topological polar surface area (TPSA) is 80.0 Å². The lowest BCUT2D eigenvalue weighted by atomic mass is 10.0. The lowest BCUT2D eigenvalue weighted by Crippen LogP contribution is -2.18. The second-order valence-corrected chi connectivity index (χ2v) is 5.25. The van der Waals surface area contributed by atoms with E-state index in [9.17, 15) is 4.79 Å². The van der Waals surface area contributed by atoms with Crippen molar-refractivity contribution >= 4 is 17.3 Å². The summed E-state index contributed by atoms with van der Waals surface area (Å²) < 4.78 is 0. The van der Waals surface area contributed by atoms with E-state index in [1.54, 1.807) is 6.07 Å². The Hall–Kier alpha value is -2.40. The average molecular weight is 284 g/mol. The summed E-state index contributed by atoms with van der Waals surface area (Å²) in [5.74, 6) is 5.62. The summed E-state index contributed by atoms with van der Waals surface area (Å²) in [6.45, 7) is 6.07. The Morgan fingerprint density at radius 1 is 1.29 bits per heavy atom. The molecule has 2 rings (SSSR count). The third-order valence-electron chi connectivity index (χ3n) is 3.25. The molecule has 0 aliphatic heterocycles. The monoisotopic (exact) mass is 284 g/mol. The number of benzene rings is 1. The number of amides is 1. The van der Waals surface area contributed by atoms with Crippen molar-refractivity contribution in [1.82, 2.24) is 4.98 Å². The van der Waals surface area contributed by atoms with E-state index in [4.69, 9.17) is 5.84 Å². The number of hydrogen-bond acceptors (Lipinski definition) is 4. The third kappa shape index (κ3) is 3.58. The predicted molar refractivity (Wildman–Crippen MR) is 85.3 cm³/mol. The molecule has 0 aliphatic rings. The van der Waals surface area contributed by atoms with Crippen LogP contribution in [0.3, 0.4) is 0 Å². The largest absolute Gasteiger partial charge is 0.323 e. The van der Waals surface area contributed by atoms with Crippen LogP contribution in [-0.4, -0.2) is 10.9 Å². The molecular formula is C16H20N4O. The number of nitrogens with two attached hydrogens (primary N) is 1. The Morgan fingerprint density at radius 3 is 2.71 bits per heavy atom. The Labute approximate surface area is 124 Å². The molecule has 0 bridgehead atoms. The van der Waals surface area contributed by atoms with E-state index in [-0.39, 0.29) is 5.91 Å². The van der Waals surface area contributed by atoms with E-state index in [0.717, 1.165) is 11.4 Å². The van der Waals surface area contributed by atoms with Crippen LogP contribution in [0.5, 0.6) is 0 Å². The molecule has 0 saturated carbocycles. The molecule has 0 saturated heterocycles. The summed E-state index contributed by atoms with van der Waals surface area (Å²) in [5.41, 5.74) is 6.23. The van der Waals surface area contributed by atoms with Gasteiger partial charge in [0.1, 0.15) is 0 Å². The third-order valence-corrected chi connectivity index (χ3v) is 3.25. The van der Waals surface area contributed by atoms with E-state index in [1.807, 2.05) is 31.2 Å². The number of hydrogen-bond donors (Lipinski definition) is 3. The Kier molecular flexibility index (Phi) is 4.55. The van der Waals surface area contributed by atoms with Gasteiger partial charge in [0.05, 0.1) is 11.3 Å². The van der Waals surface area contributed by atoms with E-state index >= 15 is 0 Å². The first-order valence-electron chi connectivity index (χ1n) is 6.86. The Bertz CT molecular complexity index is 652. The summed E-state index contributed by atoms with van der Waals surface area (Å²) in [7, 11) is 0. The number of nitrogen functional groups attached to an aromatic ring is 1. The summed E-state index contributed by atoms with van der Waals surface area (Å²) in [6.07, 6.45) is 1.52. The fourth-order valence-corrected chi connectivity index (χ4v) is 2.03. The quantitative estimate of drug-likeness (QED) is 0.595. The summed E-state index contributed by atoms with van der Waals surface area (Å²) in [6, 6.07) is 9.54. The fourth-order valence-electron chi connectivity index (χ4n) is 2.03. The normalized spacial score (nSPS) is 10.5. The van der Waals surface area contributed by atoms with Gasteiger partial charge in [0.15, 0.2) is 0 Å². The number of aryl methyl sites for hydroxylation is 1. The van der Waals surface area contributed by atoms with Gasteiger partial charge in [-0.1, -0.05) is 26.0 Å². The van der Waals surface area contributed by atoms with Crippen molar-refractivity contribution in [1.29, 1.82) is 0 Å². The lowest BCUT2D eigenvalue weighted by molar-refractivity contribution is 0.102. The molecular weight excluding hydrogens is 264 g/mol. The molecule has 0 spiro atoms. The number of pyridine rings is 1. The van der Waals surface area contributed by atoms with E-state index in [2.05, 4.69) is 29.6 Å². The summed E-state index contributed by atoms with van der Waals surface area (Å²) in [4.78, 5) is 16.5. The molecule has 1 aromatic carbocycles. The van der Waals surface area contributed by atoms with Crippen LogP contribution < -0.4 is 16.6 Å². The molecule has 5 heteroatoms. The zero-order chi connectivity index (χ0) is 15.4. The van der Waals surface area contributed by atoms with Gasteiger partial charge in [-0.2, -0.15) is 0 Å². The standard InChI is InChI=1S/C16H20N4O/c1-10(2)12-5-4-6-13(8-12)19-16(21)14-9-18-11(3)7-15(14)20-17/h4-10H,17H2,1-3H3,(H,18,20)(H,19,21). The number of carbonyl (C=O) groups is 1. The molecule has 1 amide bonds. The molecule has 21 heavy (non-hydrogen) atoms. The van der Waals surface area contributed by atoms with E-state index < -0.39 is 0 Å². The van der Waals surface area contributed by atoms with Gasteiger partial charge in [-0.15, -0.1) is 0 Å². The highest BCUT2D eigenvalue weighted by Crippen LogP contribution is 2.20.